The second-order valence-corrected chi connectivity index (χ2v) is 7.28. The van der Waals surface area contributed by atoms with Gasteiger partial charge in [0, 0.05) is 31.5 Å². The summed E-state index contributed by atoms with van der Waals surface area (Å²) in [6.07, 6.45) is 3.20. The zero-order valence-corrected chi connectivity index (χ0v) is 16.0. The van der Waals surface area contributed by atoms with Gasteiger partial charge in [0.2, 0.25) is 0 Å². The second-order valence-electron chi connectivity index (χ2n) is 6.87. The Hall–Kier alpha value is -2.30. The van der Waals surface area contributed by atoms with E-state index in [0.29, 0.717) is 6.54 Å². The fourth-order valence-electron chi connectivity index (χ4n) is 3.85. The minimum atomic E-state index is -0.378. The molecule has 0 bridgehead atoms. The highest BCUT2D eigenvalue weighted by atomic mass is 35.5. The lowest BCUT2D eigenvalue weighted by Gasteiger charge is -2.31. The number of methoxy groups -OCH3 is 1. The van der Waals surface area contributed by atoms with Gasteiger partial charge in [-0.05, 0) is 53.9 Å². The average Bonchev–Trinajstić information content (AvgIpc) is 3.06. The molecule has 0 saturated carbocycles. The van der Waals surface area contributed by atoms with Crippen LogP contribution in [0, 0.1) is 5.82 Å². The van der Waals surface area contributed by atoms with Crippen molar-refractivity contribution in [1.29, 1.82) is 0 Å². The predicted molar refractivity (Wildman–Crippen MR) is 106 cm³/mol. The largest absolute Gasteiger partial charge is 0.497 e. The van der Waals surface area contributed by atoms with Gasteiger partial charge >= 0.3 is 0 Å². The molecule has 0 fully saturated rings. The van der Waals surface area contributed by atoms with Crippen molar-refractivity contribution in [1.82, 2.24) is 9.47 Å². The highest BCUT2D eigenvalue weighted by Gasteiger charge is 2.27. The molecule has 140 valence electrons. The van der Waals surface area contributed by atoms with Crippen molar-refractivity contribution >= 4 is 11.6 Å². The highest BCUT2D eigenvalue weighted by molar-refractivity contribution is 6.30. The molecule has 3 nitrogen and oxygen atoms in total. The van der Waals surface area contributed by atoms with E-state index in [1.807, 2.05) is 18.2 Å². The zero-order valence-electron chi connectivity index (χ0n) is 15.2. The molecule has 0 spiro atoms. The van der Waals surface area contributed by atoms with E-state index in [1.165, 1.54) is 17.3 Å². The number of halogens is 2. The van der Waals surface area contributed by atoms with E-state index in [-0.39, 0.29) is 16.9 Å². The lowest BCUT2D eigenvalue weighted by atomic mass is 10.0. The van der Waals surface area contributed by atoms with Crippen molar-refractivity contribution in [2.45, 2.75) is 25.6 Å². The minimum Gasteiger partial charge on any atom is -0.497 e. The van der Waals surface area contributed by atoms with Gasteiger partial charge in [0.1, 0.15) is 11.6 Å². The summed E-state index contributed by atoms with van der Waals surface area (Å²) in [5.41, 5.74) is 3.50. The number of benzene rings is 2. The second kappa shape index (κ2) is 7.75. The fraction of sp³-hybridized carbons (Fsp3) is 0.273. The van der Waals surface area contributed by atoms with Crippen LogP contribution in [0.25, 0.3) is 0 Å². The lowest BCUT2D eigenvalue weighted by molar-refractivity contribution is 0.220. The van der Waals surface area contributed by atoms with Crippen LogP contribution in [0.2, 0.25) is 5.02 Å². The van der Waals surface area contributed by atoms with Crippen molar-refractivity contribution in [2.24, 2.45) is 0 Å². The molecular weight excluding hydrogens is 363 g/mol. The summed E-state index contributed by atoms with van der Waals surface area (Å²) >= 11 is 6.00. The lowest BCUT2D eigenvalue weighted by Crippen LogP contribution is -2.29. The van der Waals surface area contributed by atoms with Gasteiger partial charge in [-0.1, -0.05) is 29.8 Å². The number of ether oxygens (including phenoxy) is 1. The fourth-order valence-corrected chi connectivity index (χ4v) is 4.05. The number of aromatic nitrogens is 1. The van der Waals surface area contributed by atoms with Crippen LogP contribution in [-0.2, 0) is 13.1 Å². The Morgan fingerprint density at radius 2 is 1.93 bits per heavy atom. The smallest absolute Gasteiger partial charge is 0.141 e. The molecule has 4 rings (SSSR count). The number of hydrogen-bond acceptors (Lipinski definition) is 2. The summed E-state index contributed by atoms with van der Waals surface area (Å²) in [6, 6.07) is 17.6. The molecule has 2 aromatic carbocycles. The minimum absolute atomic E-state index is 0.122. The van der Waals surface area contributed by atoms with Crippen LogP contribution in [0.4, 0.5) is 4.39 Å². The topological polar surface area (TPSA) is 17.4 Å². The number of nitrogens with zero attached hydrogens (tertiary/aromatic N) is 2. The Balaban J connectivity index is 1.71. The molecule has 0 saturated heterocycles. The summed E-state index contributed by atoms with van der Waals surface area (Å²) in [6.45, 7) is 2.66. The van der Waals surface area contributed by atoms with Crippen molar-refractivity contribution in [2.75, 3.05) is 13.7 Å². The van der Waals surface area contributed by atoms with Gasteiger partial charge in [-0.3, -0.25) is 4.90 Å². The summed E-state index contributed by atoms with van der Waals surface area (Å²) in [7, 11) is 1.68. The molecule has 2 heterocycles. The van der Waals surface area contributed by atoms with Gasteiger partial charge in [0.05, 0.1) is 18.2 Å². The third-order valence-electron chi connectivity index (χ3n) is 5.16. The summed E-state index contributed by atoms with van der Waals surface area (Å²) in [4.78, 5) is 2.43. The van der Waals surface area contributed by atoms with Crippen LogP contribution in [-0.4, -0.2) is 23.1 Å². The molecule has 3 aromatic rings. The quantitative estimate of drug-likeness (QED) is 0.608. The summed E-state index contributed by atoms with van der Waals surface area (Å²) in [5.74, 6) is 0.469. The third kappa shape index (κ3) is 3.73. The van der Waals surface area contributed by atoms with E-state index >= 15 is 0 Å². The van der Waals surface area contributed by atoms with Crippen LogP contribution in [0.5, 0.6) is 5.75 Å². The van der Waals surface area contributed by atoms with E-state index in [0.717, 1.165) is 30.8 Å². The van der Waals surface area contributed by atoms with Gasteiger partial charge < -0.3 is 9.30 Å². The molecule has 1 aromatic heterocycles. The van der Waals surface area contributed by atoms with Crippen LogP contribution >= 0.6 is 11.6 Å². The Morgan fingerprint density at radius 1 is 1.11 bits per heavy atom. The molecule has 1 unspecified atom stereocenters. The van der Waals surface area contributed by atoms with Crippen molar-refractivity contribution in [3.63, 3.8) is 0 Å². The Bertz CT molecular complexity index is 922. The monoisotopic (exact) mass is 384 g/mol. The Labute approximate surface area is 163 Å². The third-order valence-corrected chi connectivity index (χ3v) is 5.45. The molecule has 0 amide bonds. The number of hydrogen-bond donors (Lipinski definition) is 0. The van der Waals surface area contributed by atoms with Gasteiger partial charge in [-0.25, -0.2) is 4.39 Å². The van der Waals surface area contributed by atoms with Crippen LogP contribution < -0.4 is 4.74 Å². The normalized spacial score (nSPS) is 17.4. The number of rotatable bonds is 4. The van der Waals surface area contributed by atoms with Gasteiger partial charge in [0.25, 0.3) is 0 Å². The molecule has 0 radical (unpaired) electrons. The molecule has 0 aliphatic carbocycles. The Morgan fingerprint density at radius 3 is 2.67 bits per heavy atom. The van der Waals surface area contributed by atoms with Crippen LogP contribution in [0.15, 0.2) is 60.8 Å². The van der Waals surface area contributed by atoms with Crippen molar-refractivity contribution < 1.29 is 9.13 Å². The first-order valence-corrected chi connectivity index (χ1v) is 9.50. The molecule has 1 aliphatic heterocycles. The molecule has 0 N–H and O–H groups in total. The highest BCUT2D eigenvalue weighted by Crippen LogP contribution is 2.34. The molecule has 1 aliphatic rings. The predicted octanol–water partition coefficient (Wildman–Crippen LogP) is 5.28. The molecule has 1 atom stereocenters. The van der Waals surface area contributed by atoms with Gasteiger partial charge in [-0.2, -0.15) is 0 Å². The van der Waals surface area contributed by atoms with Gasteiger partial charge in [0.15, 0.2) is 0 Å². The standard InChI is InChI=1S/C22H22ClFN2O/c1-27-18-8-6-17(7-9-18)22-21-4-2-11-25(21)12-3-13-26(22)15-16-5-10-20(24)19(23)14-16/h2,4-11,14,22H,3,12-13,15H2,1H3. The number of aryl methyl sites for hydroxylation is 1. The molecule has 27 heavy (non-hydrogen) atoms. The van der Waals surface area contributed by atoms with E-state index in [2.05, 4.69) is 39.9 Å². The van der Waals surface area contributed by atoms with Crippen molar-refractivity contribution in [3.8, 4) is 5.75 Å². The van der Waals surface area contributed by atoms with Crippen molar-refractivity contribution in [3.05, 3.63) is 88.5 Å². The SMILES string of the molecule is COc1ccc(C2c3cccn3CCCN2Cc2ccc(F)c(Cl)c2)cc1. The van der Waals surface area contributed by atoms with E-state index in [1.54, 1.807) is 13.2 Å². The first kappa shape index (κ1) is 18.1. The summed E-state index contributed by atoms with van der Waals surface area (Å²) in [5, 5.41) is 0.173. The first-order valence-electron chi connectivity index (χ1n) is 9.12. The van der Waals surface area contributed by atoms with Crippen LogP contribution in [0.1, 0.15) is 29.3 Å². The summed E-state index contributed by atoms with van der Waals surface area (Å²) < 4.78 is 21.2. The number of fused-ring (bicyclic) bond motifs is 1. The molecular formula is C22H22ClFN2O. The maximum absolute atomic E-state index is 13.6. The van der Waals surface area contributed by atoms with E-state index in [4.69, 9.17) is 16.3 Å². The maximum Gasteiger partial charge on any atom is 0.141 e. The van der Waals surface area contributed by atoms with Crippen LogP contribution in [0.3, 0.4) is 0 Å². The maximum atomic E-state index is 13.6. The van der Waals surface area contributed by atoms with E-state index < -0.39 is 0 Å². The zero-order chi connectivity index (χ0) is 18.8. The van der Waals surface area contributed by atoms with E-state index in [9.17, 15) is 4.39 Å². The average molecular weight is 385 g/mol. The first-order chi connectivity index (χ1) is 13.2. The molecule has 5 heteroatoms. The Kier molecular flexibility index (Phi) is 5.19. The van der Waals surface area contributed by atoms with Gasteiger partial charge in [-0.15, -0.1) is 0 Å².